The van der Waals surface area contributed by atoms with Crippen molar-refractivity contribution >= 4 is 5.97 Å². The van der Waals surface area contributed by atoms with E-state index in [4.69, 9.17) is 5.73 Å². The Kier molecular flexibility index (Phi) is 10.2. The average Bonchev–Trinajstić information content (AvgIpc) is 2.08. The SMILES string of the molecule is NC(Cc1ccc([O-])cc1)C(=O)[O-].[Na+].[Na+]. The van der Waals surface area contributed by atoms with Crippen LogP contribution in [0, 0.1) is 0 Å². The van der Waals surface area contributed by atoms with Crippen LogP contribution in [0.25, 0.3) is 0 Å². The minimum absolute atomic E-state index is 0. The number of benzene rings is 1. The summed E-state index contributed by atoms with van der Waals surface area (Å²) in [4.78, 5) is 10.3. The van der Waals surface area contributed by atoms with Crippen LogP contribution in [0.5, 0.6) is 5.75 Å². The summed E-state index contributed by atoms with van der Waals surface area (Å²) in [5.74, 6) is -1.39. The number of aliphatic carboxylic acids is 1. The molecule has 0 fully saturated rings. The summed E-state index contributed by atoms with van der Waals surface area (Å²) in [6.45, 7) is 0. The van der Waals surface area contributed by atoms with E-state index in [1.807, 2.05) is 0 Å². The van der Waals surface area contributed by atoms with Crippen molar-refractivity contribution in [2.45, 2.75) is 12.5 Å². The molecule has 1 aromatic carbocycles. The molecule has 0 amide bonds. The van der Waals surface area contributed by atoms with Gasteiger partial charge >= 0.3 is 59.1 Å². The molecular formula is C9H9NNa2O3. The van der Waals surface area contributed by atoms with Gasteiger partial charge in [0.15, 0.2) is 0 Å². The maximum atomic E-state index is 10.7. The molecule has 0 aliphatic rings. The Hall–Kier alpha value is 0.450. The molecule has 1 aromatic rings. The van der Waals surface area contributed by atoms with Crippen molar-refractivity contribution in [2.24, 2.45) is 5.73 Å². The van der Waals surface area contributed by atoms with Gasteiger partial charge in [0, 0.05) is 6.04 Å². The van der Waals surface area contributed by atoms with E-state index in [-0.39, 0.29) is 71.3 Å². The number of rotatable bonds is 3. The zero-order valence-electron chi connectivity index (χ0n) is 8.90. The molecule has 0 aliphatic heterocycles. The first-order chi connectivity index (χ1) is 6.09. The third-order valence-corrected chi connectivity index (χ3v) is 1.68. The predicted octanol–water partition coefficient (Wildman–Crippen LogP) is -7.61. The molecule has 0 radical (unpaired) electrons. The Morgan fingerprint density at radius 1 is 1.27 bits per heavy atom. The molecular weight excluding hydrogens is 216 g/mol. The van der Waals surface area contributed by atoms with Crippen molar-refractivity contribution in [2.75, 3.05) is 0 Å². The van der Waals surface area contributed by atoms with Crippen molar-refractivity contribution in [3.63, 3.8) is 0 Å². The fourth-order valence-electron chi connectivity index (χ4n) is 0.963. The van der Waals surface area contributed by atoms with Gasteiger partial charge in [-0.05, 0) is 12.0 Å². The number of nitrogens with two attached hydrogens (primary N) is 1. The third-order valence-electron chi connectivity index (χ3n) is 1.68. The van der Waals surface area contributed by atoms with E-state index >= 15 is 0 Å². The Morgan fingerprint density at radius 3 is 2.13 bits per heavy atom. The summed E-state index contributed by atoms with van der Waals surface area (Å²) in [7, 11) is 0. The molecule has 1 atom stereocenters. The van der Waals surface area contributed by atoms with Crippen molar-refractivity contribution in [1.82, 2.24) is 0 Å². The van der Waals surface area contributed by atoms with E-state index < -0.39 is 12.0 Å². The van der Waals surface area contributed by atoms with Gasteiger partial charge in [-0.15, -0.1) is 5.75 Å². The summed E-state index contributed by atoms with van der Waals surface area (Å²) >= 11 is 0. The number of hydrogen-bond donors (Lipinski definition) is 1. The molecule has 70 valence electrons. The Morgan fingerprint density at radius 2 is 1.73 bits per heavy atom. The minimum Gasteiger partial charge on any atom is -0.872 e. The van der Waals surface area contributed by atoms with Crippen LogP contribution in [0.15, 0.2) is 24.3 Å². The van der Waals surface area contributed by atoms with Gasteiger partial charge < -0.3 is 20.7 Å². The van der Waals surface area contributed by atoms with Crippen molar-refractivity contribution < 1.29 is 74.1 Å². The van der Waals surface area contributed by atoms with Gasteiger partial charge in [-0.1, -0.05) is 24.3 Å². The first-order valence-electron chi connectivity index (χ1n) is 3.82. The van der Waals surface area contributed by atoms with Crippen LogP contribution in [0.1, 0.15) is 5.56 Å². The van der Waals surface area contributed by atoms with Crippen molar-refractivity contribution in [3.8, 4) is 5.75 Å². The first-order valence-corrected chi connectivity index (χ1v) is 3.82. The van der Waals surface area contributed by atoms with Gasteiger partial charge in [0.05, 0.1) is 5.97 Å². The molecule has 6 heteroatoms. The van der Waals surface area contributed by atoms with E-state index in [1.165, 1.54) is 12.1 Å². The molecule has 1 rings (SSSR count). The second-order valence-corrected chi connectivity index (χ2v) is 2.77. The van der Waals surface area contributed by atoms with E-state index in [2.05, 4.69) is 0 Å². The number of carboxylic acids is 1. The number of carbonyl (C=O) groups excluding carboxylic acids is 1. The molecule has 0 spiro atoms. The summed E-state index contributed by atoms with van der Waals surface area (Å²) in [6, 6.07) is 4.85. The van der Waals surface area contributed by atoms with E-state index in [0.717, 1.165) is 5.56 Å². The molecule has 1 unspecified atom stereocenters. The second kappa shape index (κ2) is 8.58. The zero-order valence-corrected chi connectivity index (χ0v) is 12.9. The molecule has 0 heterocycles. The molecule has 0 aliphatic carbocycles. The van der Waals surface area contributed by atoms with E-state index in [0.29, 0.717) is 0 Å². The van der Waals surface area contributed by atoms with Gasteiger partial charge in [0.25, 0.3) is 0 Å². The smallest absolute Gasteiger partial charge is 0.872 e. The van der Waals surface area contributed by atoms with Crippen molar-refractivity contribution in [1.29, 1.82) is 0 Å². The van der Waals surface area contributed by atoms with E-state index in [1.54, 1.807) is 12.1 Å². The monoisotopic (exact) mass is 225 g/mol. The maximum absolute atomic E-state index is 10.7. The Labute approximate surface area is 132 Å². The van der Waals surface area contributed by atoms with Crippen LogP contribution >= 0.6 is 0 Å². The second-order valence-electron chi connectivity index (χ2n) is 2.77. The third kappa shape index (κ3) is 6.58. The zero-order chi connectivity index (χ0) is 9.84. The molecule has 2 N–H and O–H groups in total. The predicted molar refractivity (Wildman–Crippen MR) is 42.6 cm³/mol. The van der Waals surface area contributed by atoms with Gasteiger partial charge in [-0.2, -0.15) is 0 Å². The topological polar surface area (TPSA) is 89.2 Å². The number of hydrogen-bond acceptors (Lipinski definition) is 4. The Balaban J connectivity index is 0. The fraction of sp³-hybridized carbons (Fsp3) is 0.222. The van der Waals surface area contributed by atoms with Crippen LogP contribution in [0.3, 0.4) is 0 Å². The van der Waals surface area contributed by atoms with Gasteiger partial charge in [-0.3, -0.25) is 0 Å². The van der Waals surface area contributed by atoms with Crippen LogP contribution in [0.2, 0.25) is 0 Å². The number of carboxylic acid groups (broad SMARTS) is 1. The Bertz CT molecular complexity index is 303. The molecule has 4 nitrogen and oxygen atoms in total. The van der Waals surface area contributed by atoms with Gasteiger partial charge in [0.2, 0.25) is 0 Å². The fourth-order valence-corrected chi connectivity index (χ4v) is 0.963. The van der Waals surface area contributed by atoms with Crippen LogP contribution < -0.4 is 75.1 Å². The van der Waals surface area contributed by atoms with Crippen LogP contribution in [-0.2, 0) is 11.2 Å². The quantitative estimate of drug-likeness (QED) is 0.517. The molecule has 0 saturated heterocycles. The van der Waals surface area contributed by atoms with Crippen LogP contribution in [0.4, 0.5) is 0 Å². The largest absolute Gasteiger partial charge is 1.00 e. The number of carbonyl (C=O) groups is 1. The summed E-state index contributed by atoms with van der Waals surface area (Å²) in [6.07, 6.45) is 0.183. The van der Waals surface area contributed by atoms with Gasteiger partial charge in [0.1, 0.15) is 0 Å². The molecule has 15 heavy (non-hydrogen) atoms. The van der Waals surface area contributed by atoms with Gasteiger partial charge in [-0.25, -0.2) is 0 Å². The minimum atomic E-state index is -1.29. The average molecular weight is 225 g/mol. The molecule has 0 bridgehead atoms. The first kappa shape index (κ1) is 17.8. The normalized spacial score (nSPS) is 10.7. The maximum Gasteiger partial charge on any atom is 1.00 e. The van der Waals surface area contributed by atoms with Crippen LogP contribution in [-0.4, -0.2) is 12.0 Å². The van der Waals surface area contributed by atoms with E-state index in [9.17, 15) is 15.0 Å². The summed E-state index contributed by atoms with van der Waals surface area (Å²) in [5.41, 5.74) is 5.97. The summed E-state index contributed by atoms with van der Waals surface area (Å²) < 4.78 is 0. The standard InChI is InChI=1S/C9H11NO3.2Na/c10-8(9(12)13)5-6-1-3-7(11)4-2-6;;/h1-4,8,11H,5,10H2,(H,12,13);;/q;2*+1/p-2. The molecule has 0 saturated carbocycles. The summed E-state index contributed by atoms with van der Waals surface area (Å²) in [5, 5.41) is 21.0. The van der Waals surface area contributed by atoms with Crippen molar-refractivity contribution in [3.05, 3.63) is 29.8 Å². The molecule has 0 aromatic heterocycles.